The van der Waals surface area contributed by atoms with Crippen molar-refractivity contribution in [1.82, 2.24) is 0 Å². The molecule has 0 N–H and O–H groups in total. The van der Waals surface area contributed by atoms with E-state index in [4.69, 9.17) is 0 Å². The first kappa shape index (κ1) is 17.2. The standard InChI is InChI=1S/C24H19S4/c1-3-14-10-20-23(25-14)17-13-21-18(12-19(17)27-20)24-22(11-15(4-2)26-24)28(21)16-8-6-5-7-9-16/h5-13H,3-4H2,1-2H3/q+1. The fourth-order valence-corrected chi connectivity index (χ4v) is 10.4. The number of fused-ring (bicyclic) bond motifs is 6. The minimum Gasteiger partial charge on any atom is -0.139 e. The zero-order chi connectivity index (χ0) is 18.8. The monoisotopic (exact) mass is 435 g/mol. The van der Waals surface area contributed by atoms with Crippen molar-refractivity contribution in [2.75, 3.05) is 0 Å². The Morgan fingerprint density at radius 3 is 2.21 bits per heavy atom. The largest absolute Gasteiger partial charge is 0.198 e. The van der Waals surface area contributed by atoms with E-state index in [1.165, 1.54) is 53.6 Å². The second-order valence-corrected chi connectivity index (χ2v) is 12.4. The fraction of sp³-hybridized carbons (Fsp3) is 0.167. The molecule has 0 radical (unpaired) electrons. The summed E-state index contributed by atoms with van der Waals surface area (Å²) in [7, 11) is 0.0203. The lowest BCUT2D eigenvalue weighted by molar-refractivity contribution is 1.19. The van der Waals surface area contributed by atoms with Gasteiger partial charge in [0.2, 0.25) is 0 Å². The summed E-state index contributed by atoms with van der Waals surface area (Å²) in [5.74, 6) is 0. The van der Waals surface area contributed by atoms with Crippen LogP contribution in [0.25, 0.3) is 43.9 Å². The van der Waals surface area contributed by atoms with E-state index in [1.54, 1.807) is 0 Å². The first-order chi connectivity index (χ1) is 13.8. The van der Waals surface area contributed by atoms with Gasteiger partial charge < -0.3 is 0 Å². The van der Waals surface area contributed by atoms with Crippen LogP contribution in [-0.2, 0) is 12.8 Å². The highest BCUT2D eigenvalue weighted by Gasteiger charge is 2.27. The van der Waals surface area contributed by atoms with Crippen LogP contribution in [0.2, 0.25) is 0 Å². The number of rotatable bonds is 3. The second-order valence-electron chi connectivity index (χ2n) is 7.09. The lowest BCUT2D eigenvalue weighted by atomic mass is 10.2. The molecule has 6 aromatic rings. The van der Waals surface area contributed by atoms with Crippen LogP contribution in [0.3, 0.4) is 0 Å². The molecule has 0 aliphatic rings. The van der Waals surface area contributed by atoms with E-state index in [2.05, 4.69) is 68.4 Å². The van der Waals surface area contributed by atoms with Gasteiger partial charge in [0, 0.05) is 47.1 Å². The first-order valence-corrected chi connectivity index (χ1v) is 13.4. The number of hydrogen-bond acceptors (Lipinski definition) is 3. The number of hydrogen-bond donors (Lipinski definition) is 0. The van der Waals surface area contributed by atoms with E-state index in [0.29, 0.717) is 0 Å². The number of thiophene rings is 4. The molecule has 1 unspecified atom stereocenters. The summed E-state index contributed by atoms with van der Waals surface area (Å²) in [6, 6.07) is 21.0. The van der Waals surface area contributed by atoms with E-state index in [0.717, 1.165) is 12.8 Å². The Morgan fingerprint density at radius 1 is 0.679 bits per heavy atom. The van der Waals surface area contributed by atoms with Gasteiger partial charge in [-0.1, -0.05) is 32.0 Å². The molecule has 4 aromatic heterocycles. The summed E-state index contributed by atoms with van der Waals surface area (Å²) in [5, 5.41) is 2.94. The van der Waals surface area contributed by atoms with E-state index in [9.17, 15) is 0 Å². The molecule has 0 aliphatic heterocycles. The summed E-state index contributed by atoms with van der Waals surface area (Å²) in [6.45, 7) is 4.52. The molecule has 0 saturated heterocycles. The Bertz CT molecular complexity index is 1470. The average molecular weight is 436 g/mol. The van der Waals surface area contributed by atoms with Crippen molar-refractivity contribution in [2.24, 2.45) is 0 Å². The topological polar surface area (TPSA) is 0 Å². The van der Waals surface area contributed by atoms with Crippen molar-refractivity contribution in [1.29, 1.82) is 0 Å². The molecule has 2 aromatic carbocycles. The fourth-order valence-electron chi connectivity index (χ4n) is 4.01. The van der Waals surface area contributed by atoms with Crippen LogP contribution in [0.1, 0.15) is 23.6 Å². The van der Waals surface area contributed by atoms with Crippen molar-refractivity contribution < 1.29 is 0 Å². The van der Waals surface area contributed by atoms with Crippen molar-refractivity contribution in [2.45, 2.75) is 26.7 Å². The summed E-state index contributed by atoms with van der Waals surface area (Å²) in [5.41, 5.74) is 0. The maximum Gasteiger partial charge on any atom is 0.198 e. The molecule has 0 bridgehead atoms. The van der Waals surface area contributed by atoms with Crippen molar-refractivity contribution in [3.63, 3.8) is 0 Å². The number of aryl methyl sites for hydroxylation is 2. The van der Waals surface area contributed by atoms with Gasteiger partial charge in [-0.15, -0.1) is 34.0 Å². The third-order valence-electron chi connectivity index (χ3n) is 5.40. The lowest BCUT2D eigenvalue weighted by Crippen LogP contribution is -1.71. The van der Waals surface area contributed by atoms with Gasteiger partial charge in [-0.3, -0.25) is 0 Å². The molecule has 138 valence electrons. The third-order valence-corrected chi connectivity index (χ3v) is 11.7. The average Bonchev–Trinajstić information content (AvgIpc) is 3.45. The Morgan fingerprint density at radius 2 is 1.43 bits per heavy atom. The first-order valence-electron chi connectivity index (χ1n) is 9.68. The van der Waals surface area contributed by atoms with Gasteiger partial charge in [0.25, 0.3) is 0 Å². The summed E-state index contributed by atoms with van der Waals surface area (Å²) < 4.78 is 8.96. The van der Waals surface area contributed by atoms with Gasteiger partial charge in [0.05, 0.1) is 10.1 Å². The molecule has 6 rings (SSSR count). The van der Waals surface area contributed by atoms with Crippen LogP contribution in [0.4, 0.5) is 0 Å². The van der Waals surface area contributed by atoms with E-state index < -0.39 is 0 Å². The number of benzene rings is 2. The van der Waals surface area contributed by atoms with Crippen LogP contribution >= 0.6 is 44.5 Å². The summed E-state index contributed by atoms with van der Waals surface area (Å²) in [6.07, 6.45) is 2.25. The molecule has 0 amide bonds. The van der Waals surface area contributed by atoms with E-state index >= 15 is 0 Å². The molecule has 1 atom stereocenters. The minimum atomic E-state index is 0.0203. The van der Waals surface area contributed by atoms with Gasteiger partial charge in [-0.05, 0) is 37.1 Å². The molecule has 4 heterocycles. The zero-order valence-corrected chi connectivity index (χ0v) is 19.0. The molecule has 0 aliphatic carbocycles. The summed E-state index contributed by atoms with van der Waals surface area (Å²) in [4.78, 5) is 4.44. The predicted octanol–water partition coefficient (Wildman–Crippen LogP) is 9.35. The van der Waals surface area contributed by atoms with Gasteiger partial charge >= 0.3 is 0 Å². The van der Waals surface area contributed by atoms with Gasteiger partial charge in [-0.2, -0.15) is 0 Å². The Kier molecular flexibility index (Phi) is 3.92. The van der Waals surface area contributed by atoms with Gasteiger partial charge in [-0.25, -0.2) is 0 Å². The SMILES string of the molecule is CCc1cc2sc3cc4c5sc(CC)cc5[s+](-c5ccccc5)c4cc3c2s1. The molecule has 0 nitrogen and oxygen atoms in total. The van der Waals surface area contributed by atoms with Crippen LogP contribution in [0.5, 0.6) is 0 Å². The lowest BCUT2D eigenvalue weighted by Gasteiger charge is -1.94. The molecule has 0 spiro atoms. The minimum absolute atomic E-state index is 0.0203. The van der Waals surface area contributed by atoms with Gasteiger partial charge in [0.15, 0.2) is 14.3 Å². The molecule has 0 fully saturated rings. The smallest absolute Gasteiger partial charge is 0.139 e. The van der Waals surface area contributed by atoms with Crippen LogP contribution < -0.4 is 0 Å². The van der Waals surface area contributed by atoms with Crippen LogP contribution in [-0.4, -0.2) is 0 Å². The second kappa shape index (κ2) is 6.39. The highest BCUT2D eigenvalue weighted by atomic mass is 32.2. The van der Waals surface area contributed by atoms with Crippen LogP contribution in [0, 0.1) is 0 Å². The Balaban J connectivity index is 1.77. The third kappa shape index (κ3) is 2.38. The van der Waals surface area contributed by atoms with Crippen molar-refractivity contribution >= 4 is 83.5 Å². The summed E-state index contributed by atoms with van der Waals surface area (Å²) >= 11 is 5.95. The molecular formula is C24H19S4+. The maximum absolute atomic E-state index is 2.52. The predicted molar refractivity (Wildman–Crippen MR) is 133 cm³/mol. The van der Waals surface area contributed by atoms with Gasteiger partial charge in [0.1, 0.15) is 4.70 Å². The zero-order valence-electron chi connectivity index (χ0n) is 15.7. The normalized spacial score (nSPS) is 12.9. The molecule has 28 heavy (non-hydrogen) atoms. The highest BCUT2D eigenvalue weighted by molar-refractivity contribution is 7.52. The quantitative estimate of drug-likeness (QED) is 0.243. The van der Waals surface area contributed by atoms with E-state index in [-0.39, 0.29) is 10.5 Å². The maximum atomic E-state index is 2.52. The Hall–Kier alpha value is -1.72. The van der Waals surface area contributed by atoms with Crippen LogP contribution in [0.15, 0.2) is 54.6 Å². The highest BCUT2D eigenvalue weighted by Crippen LogP contribution is 2.53. The van der Waals surface area contributed by atoms with E-state index in [1.807, 2.05) is 34.0 Å². The molecular weight excluding hydrogens is 417 g/mol. The Labute approximate surface area is 178 Å². The molecule has 0 saturated carbocycles. The molecule has 4 heteroatoms. The van der Waals surface area contributed by atoms with Crippen molar-refractivity contribution in [3.8, 4) is 4.90 Å². The van der Waals surface area contributed by atoms with Crippen molar-refractivity contribution in [3.05, 3.63) is 64.4 Å².